The molecular formula is C6H12O4. The van der Waals surface area contributed by atoms with Crippen LogP contribution in [-0.4, -0.2) is 30.6 Å². The number of carbonyl (C=O) groups is 1. The molecule has 0 radical (unpaired) electrons. The lowest BCUT2D eigenvalue weighted by atomic mass is 10.5. The highest BCUT2D eigenvalue weighted by atomic mass is 16.7. The third-order valence-electron chi connectivity index (χ3n) is 0.804. The summed E-state index contributed by atoms with van der Waals surface area (Å²) < 4.78 is 8.88. The van der Waals surface area contributed by atoms with Gasteiger partial charge in [-0.2, -0.15) is 0 Å². The van der Waals surface area contributed by atoms with E-state index in [1.165, 1.54) is 7.11 Å². The van der Waals surface area contributed by atoms with E-state index < -0.39 is 12.3 Å². The Hall–Kier alpha value is -0.610. The van der Waals surface area contributed by atoms with Crippen LogP contribution < -0.4 is 0 Å². The van der Waals surface area contributed by atoms with Gasteiger partial charge in [0.1, 0.15) is 0 Å². The Labute approximate surface area is 59.7 Å². The molecule has 0 aliphatic rings. The molecule has 1 atom stereocenters. The van der Waals surface area contributed by atoms with Gasteiger partial charge in [-0.15, -0.1) is 0 Å². The van der Waals surface area contributed by atoms with Gasteiger partial charge in [0.15, 0.2) is 0 Å². The fraction of sp³-hybridized carbons (Fsp3) is 0.833. The predicted octanol–water partition coefficient (Wildman–Crippen LogP) is -0.0972. The van der Waals surface area contributed by atoms with E-state index in [1.807, 2.05) is 0 Å². The van der Waals surface area contributed by atoms with E-state index in [0.717, 1.165) is 0 Å². The number of esters is 1. The van der Waals surface area contributed by atoms with Crippen LogP contribution in [0.25, 0.3) is 0 Å². The van der Waals surface area contributed by atoms with E-state index >= 15 is 0 Å². The molecule has 1 N–H and O–H groups in total. The molecule has 0 unspecified atom stereocenters. The molecule has 0 spiro atoms. The molecule has 0 aromatic carbocycles. The van der Waals surface area contributed by atoms with Crippen molar-refractivity contribution in [3.05, 3.63) is 0 Å². The molecule has 4 nitrogen and oxygen atoms in total. The largest absolute Gasteiger partial charge is 0.465 e. The maximum absolute atomic E-state index is 10.5. The lowest BCUT2D eigenvalue weighted by molar-refractivity contribution is -0.186. The monoisotopic (exact) mass is 148 g/mol. The third kappa shape index (κ3) is 3.42. The number of hydrogen-bond donors (Lipinski definition) is 1. The van der Waals surface area contributed by atoms with Crippen molar-refractivity contribution in [3.8, 4) is 0 Å². The van der Waals surface area contributed by atoms with Crippen molar-refractivity contribution in [2.45, 2.75) is 26.2 Å². The molecule has 0 fully saturated rings. The Kier molecular flexibility index (Phi) is 3.99. The van der Waals surface area contributed by atoms with Crippen molar-refractivity contribution in [3.63, 3.8) is 0 Å². The Morgan fingerprint density at radius 1 is 1.50 bits per heavy atom. The summed E-state index contributed by atoms with van der Waals surface area (Å²) in [6.45, 7) is 3.43. The van der Waals surface area contributed by atoms with Gasteiger partial charge in [-0.05, 0) is 13.8 Å². The number of hydrogen-bond acceptors (Lipinski definition) is 4. The van der Waals surface area contributed by atoms with Crippen LogP contribution in [0.4, 0.5) is 0 Å². The second-order valence-electron chi connectivity index (χ2n) is 2.06. The van der Waals surface area contributed by atoms with Crippen LogP contribution in [0.15, 0.2) is 0 Å². The van der Waals surface area contributed by atoms with Gasteiger partial charge in [-0.1, -0.05) is 0 Å². The SMILES string of the molecule is COC(=O)[C@@H](O)OC(C)C. The van der Waals surface area contributed by atoms with Crippen LogP contribution in [-0.2, 0) is 14.3 Å². The Morgan fingerprint density at radius 3 is 2.30 bits per heavy atom. The first-order valence-corrected chi connectivity index (χ1v) is 2.99. The molecule has 0 aromatic heterocycles. The van der Waals surface area contributed by atoms with Crippen LogP contribution >= 0.6 is 0 Å². The molecule has 0 heterocycles. The zero-order chi connectivity index (χ0) is 8.15. The molecule has 0 bridgehead atoms. The van der Waals surface area contributed by atoms with Crippen LogP contribution in [0, 0.1) is 0 Å². The van der Waals surface area contributed by atoms with E-state index in [1.54, 1.807) is 13.8 Å². The minimum atomic E-state index is -1.45. The van der Waals surface area contributed by atoms with E-state index in [2.05, 4.69) is 9.47 Å². The summed E-state index contributed by atoms with van der Waals surface area (Å²) in [6.07, 6.45) is -1.64. The number of aliphatic hydroxyl groups is 1. The maximum Gasteiger partial charge on any atom is 0.363 e. The summed E-state index contributed by atoms with van der Waals surface area (Å²) in [5.74, 6) is -0.770. The summed E-state index contributed by atoms with van der Waals surface area (Å²) in [6, 6.07) is 0. The van der Waals surface area contributed by atoms with Gasteiger partial charge in [0.2, 0.25) is 0 Å². The zero-order valence-corrected chi connectivity index (χ0v) is 6.33. The number of carbonyl (C=O) groups excluding carboxylic acids is 1. The predicted molar refractivity (Wildman–Crippen MR) is 34.2 cm³/mol. The topological polar surface area (TPSA) is 55.8 Å². The fourth-order valence-electron chi connectivity index (χ4n) is 0.414. The van der Waals surface area contributed by atoms with Crippen molar-refractivity contribution in [2.75, 3.05) is 7.11 Å². The second kappa shape index (κ2) is 4.24. The Bertz CT molecular complexity index is 110. The molecule has 0 aromatic rings. The number of aliphatic hydroxyl groups excluding tert-OH is 1. The smallest absolute Gasteiger partial charge is 0.363 e. The normalized spacial score (nSPS) is 13.3. The van der Waals surface area contributed by atoms with Gasteiger partial charge in [0.25, 0.3) is 6.29 Å². The molecule has 0 aliphatic heterocycles. The second-order valence-corrected chi connectivity index (χ2v) is 2.06. The van der Waals surface area contributed by atoms with E-state index in [0.29, 0.717) is 0 Å². The summed E-state index contributed by atoms with van der Waals surface area (Å²) in [7, 11) is 1.19. The van der Waals surface area contributed by atoms with Gasteiger partial charge in [0, 0.05) is 0 Å². The Balaban J connectivity index is 3.61. The van der Waals surface area contributed by atoms with Crippen LogP contribution in [0.1, 0.15) is 13.8 Å². The van der Waals surface area contributed by atoms with E-state index in [9.17, 15) is 4.79 Å². The molecule has 0 amide bonds. The fourth-order valence-corrected chi connectivity index (χ4v) is 0.414. The molecule has 10 heavy (non-hydrogen) atoms. The maximum atomic E-state index is 10.5. The van der Waals surface area contributed by atoms with Gasteiger partial charge < -0.3 is 14.6 Å². The first-order valence-electron chi connectivity index (χ1n) is 2.99. The summed E-state index contributed by atoms with van der Waals surface area (Å²) in [5, 5.41) is 8.79. The van der Waals surface area contributed by atoms with Crippen molar-refractivity contribution >= 4 is 5.97 Å². The lowest BCUT2D eigenvalue weighted by Crippen LogP contribution is -2.27. The van der Waals surface area contributed by atoms with Crippen LogP contribution in [0.2, 0.25) is 0 Å². The Morgan fingerprint density at radius 2 is 2.00 bits per heavy atom. The van der Waals surface area contributed by atoms with Gasteiger partial charge in [-0.25, -0.2) is 4.79 Å². The van der Waals surface area contributed by atoms with Crippen molar-refractivity contribution in [1.29, 1.82) is 0 Å². The molecular weight excluding hydrogens is 136 g/mol. The van der Waals surface area contributed by atoms with Crippen molar-refractivity contribution in [1.82, 2.24) is 0 Å². The molecule has 0 saturated heterocycles. The summed E-state index contributed by atoms with van der Waals surface area (Å²) in [5.41, 5.74) is 0. The first kappa shape index (κ1) is 9.39. The third-order valence-corrected chi connectivity index (χ3v) is 0.804. The van der Waals surface area contributed by atoms with Crippen LogP contribution in [0.5, 0.6) is 0 Å². The van der Waals surface area contributed by atoms with Crippen molar-refractivity contribution in [2.24, 2.45) is 0 Å². The highest BCUT2D eigenvalue weighted by Gasteiger charge is 2.16. The van der Waals surface area contributed by atoms with Crippen LogP contribution in [0.3, 0.4) is 0 Å². The summed E-state index contributed by atoms with van der Waals surface area (Å²) in [4.78, 5) is 10.5. The average molecular weight is 148 g/mol. The molecule has 4 heteroatoms. The molecule has 0 saturated carbocycles. The lowest BCUT2D eigenvalue weighted by Gasteiger charge is -2.11. The van der Waals surface area contributed by atoms with Crippen molar-refractivity contribution < 1.29 is 19.4 Å². The zero-order valence-electron chi connectivity index (χ0n) is 6.33. The quantitative estimate of drug-likeness (QED) is 0.448. The number of rotatable bonds is 3. The van der Waals surface area contributed by atoms with Gasteiger partial charge in [0.05, 0.1) is 13.2 Å². The number of methoxy groups -OCH3 is 1. The first-order chi connectivity index (χ1) is 4.57. The average Bonchev–Trinajstić information content (AvgIpc) is 1.85. The minimum absolute atomic E-state index is 0.186. The van der Waals surface area contributed by atoms with Gasteiger partial charge >= 0.3 is 5.97 Å². The molecule has 60 valence electrons. The molecule has 0 aliphatic carbocycles. The number of ether oxygens (including phenoxy) is 2. The van der Waals surface area contributed by atoms with E-state index in [-0.39, 0.29) is 6.10 Å². The standard InChI is InChI=1S/C6H12O4/c1-4(2)10-6(8)5(7)9-3/h4,6,8H,1-3H3/t6-/m0/s1. The molecule has 0 rings (SSSR count). The van der Waals surface area contributed by atoms with E-state index in [4.69, 9.17) is 5.11 Å². The highest BCUT2D eigenvalue weighted by molar-refractivity contribution is 5.72. The van der Waals surface area contributed by atoms with Gasteiger partial charge in [-0.3, -0.25) is 0 Å². The summed E-state index contributed by atoms with van der Waals surface area (Å²) >= 11 is 0. The minimum Gasteiger partial charge on any atom is -0.465 e. The highest BCUT2D eigenvalue weighted by Crippen LogP contribution is 1.95.